The molecule has 132 valence electrons. The molecule has 1 N–H and O–H groups in total. The second kappa shape index (κ2) is 8.06. The molecule has 2 heterocycles. The summed E-state index contributed by atoms with van der Waals surface area (Å²) in [5.74, 6) is 2.81. The second-order valence-corrected chi connectivity index (χ2v) is 8.66. The van der Waals surface area contributed by atoms with Gasteiger partial charge >= 0.3 is 0 Å². The van der Waals surface area contributed by atoms with Crippen LogP contribution in [0.5, 0.6) is 0 Å². The van der Waals surface area contributed by atoms with Crippen molar-refractivity contribution in [2.45, 2.75) is 10.9 Å². The van der Waals surface area contributed by atoms with Gasteiger partial charge in [0.05, 0.1) is 28.8 Å². The van der Waals surface area contributed by atoms with Crippen molar-refractivity contribution in [3.05, 3.63) is 54.0 Å². The number of nitrogens with zero attached hydrogens (tertiary/aromatic N) is 2. The molecule has 1 atom stereocenters. The van der Waals surface area contributed by atoms with Crippen LogP contribution >= 0.6 is 11.8 Å². The van der Waals surface area contributed by atoms with Gasteiger partial charge in [0.15, 0.2) is 0 Å². The zero-order chi connectivity index (χ0) is 17.7. The molecule has 0 amide bonds. The maximum Gasteiger partial charge on any atom is 0.240 e. The van der Waals surface area contributed by atoms with Gasteiger partial charge in [-0.2, -0.15) is 17.0 Å². The Bertz CT molecular complexity index is 821. The van der Waals surface area contributed by atoms with Gasteiger partial charge in [-0.15, -0.1) is 0 Å². The third-order valence-electron chi connectivity index (χ3n) is 4.12. The van der Waals surface area contributed by atoms with Crippen LogP contribution in [-0.4, -0.2) is 44.5 Å². The highest BCUT2D eigenvalue weighted by molar-refractivity contribution is 7.99. The molecular weight excluding hydrogens is 358 g/mol. The van der Waals surface area contributed by atoms with Crippen molar-refractivity contribution < 1.29 is 12.8 Å². The van der Waals surface area contributed by atoms with Crippen LogP contribution in [-0.2, 0) is 10.0 Å². The van der Waals surface area contributed by atoms with E-state index in [1.165, 1.54) is 24.3 Å². The van der Waals surface area contributed by atoms with Crippen molar-refractivity contribution in [2.24, 2.45) is 0 Å². The number of benzene rings is 1. The van der Waals surface area contributed by atoms with Gasteiger partial charge in [0.25, 0.3) is 0 Å². The van der Waals surface area contributed by atoms with E-state index in [0.29, 0.717) is 5.56 Å². The minimum absolute atomic E-state index is 0.135. The maximum absolute atomic E-state index is 12.5. The molecule has 25 heavy (non-hydrogen) atoms. The Morgan fingerprint density at radius 1 is 1.24 bits per heavy atom. The molecule has 2 aromatic rings. The molecular formula is C17H19N3O3S2. The summed E-state index contributed by atoms with van der Waals surface area (Å²) in [6.45, 7) is 2.03. The molecule has 1 aliphatic rings. The van der Waals surface area contributed by atoms with Gasteiger partial charge in [0.1, 0.15) is 5.76 Å². The summed E-state index contributed by atoms with van der Waals surface area (Å²) in [7, 11) is -3.64. The van der Waals surface area contributed by atoms with Crippen molar-refractivity contribution in [3.63, 3.8) is 0 Å². The van der Waals surface area contributed by atoms with Crippen molar-refractivity contribution >= 4 is 21.8 Å². The van der Waals surface area contributed by atoms with Gasteiger partial charge in [0.2, 0.25) is 10.0 Å². The number of rotatable bonds is 6. The van der Waals surface area contributed by atoms with E-state index in [1.54, 1.807) is 6.26 Å². The van der Waals surface area contributed by atoms with E-state index in [0.717, 1.165) is 30.4 Å². The number of hydrogen-bond acceptors (Lipinski definition) is 6. The largest absolute Gasteiger partial charge is 0.468 e. The summed E-state index contributed by atoms with van der Waals surface area (Å²) >= 11 is 1.90. The molecule has 0 unspecified atom stereocenters. The predicted molar refractivity (Wildman–Crippen MR) is 96.7 cm³/mol. The lowest BCUT2D eigenvalue weighted by atomic mass is 10.2. The zero-order valence-corrected chi connectivity index (χ0v) is 15.2. The highest BCUT2D eigenvalue weighted by atomic mass is 32.2. The third-order valence-corrected chi connectivity index (χ3v) is 6.50. The molecule has 0 aliphatic carbocycles. The van der Waals surface area contributed by atoms with Gasteiger partial charge in [0, 0.05) is 31.1 Å². The quantitative estimate of drug-likeness (QED) is 0.831. The lowest BCUT2D eigenvalue weighted by Crippen LogP contribution is -2.41. The van der Waals surface area contributed by atoms with Crippen LogP contribution in [0.25, 0.3) is 0 Å². The van der Waals surface area contributed by atoms with Gasteiger partial charge < -0.3 is 4.42 Å². The lowest BCUT2D eigenvalue weighted by molar-refractivity contribution is 0.193. The summed E-state index contributed by atoms with van der Waals surface area (Å²) < 4.78 is 33.3. The van der Waals surface area contributed by atoms with Crippen molar-refractivity contribution in [2.75, 3.05) is 31.1 Å². The first-order valence-electron chi connectivity index (χ1n) is 7.95. The van der Waals surface area contributed by atoms with Gasteiger partial charge in [-0.25, -0.2) is 13.1 Å². The molecule has 0 saturated carbocycles. The number of nitriles is 1. The fourth-order valence-corrected chi connectivity index (χ4v) is 4.73. The molecule has 1 aliphatic heterocycles. The molecule has 8 heteroatoms. The SMILES string of the molecule is N#Cc1ccc(S(=O)(=O)NC[C@@H](c2ccco2)N2CCSCC2)cc1. The molecule has 0 bridgehead atoms. The van der Waals surface area contributed by atoms with Crippen molar-refractivity contribution in [1.29, 1.82) is 5.26 Å². The molecule has 0 radical (unpaired) electrons. The Balaban J connectivity index is 1.74. The van der Waals surface area contributed by atoms with Crippen LogP contribution in [0.15, 0.2) is 52.0 Å². The van der Waals surface area contributed by atoms with Crippen LogP contribution in [0.2, 0.25) is 0 Å². The van der Waals surface area contributed by atoms with E-state index < -0.39 is 10.0 Å². The van der Waals surface area contributed by atoms with E-state index >= 15 is 0 Å². The van der Waals surface area contributed by atoms with Gasteiger partial charge in [-0.05, 0) is 36.4 Å². The number of nitrogens with one attached hydrogen (secondary N) is 1. The van der Waals surface area contributed by atoms with Crippen LogP contribution in [0, 0.1) is 11.3 Å². The number of hydrogen-bond donors (Lipinski definition) is 1. The number of thioether (sulfide) groups is 1. The minimum atomic E-state index is -3.64. The smallest absolute Gasteiger partial charge is 0.240 e. The van der Waals surface area contributed by atoms with Crippen LogP contribution in [0.3, 0.4) is 0 Å². The molecule has 1 fully saturated rings. The molecule has 1 aromatic heterocycles. The van der Waals surface area contributed by atoms with Crippen LogP contribution < -0.4 is 4.72 Å². The molecule has 0 spiro atoms. The fourth-order valence-electron chi connectivity index (χ4n) is 2.76. The van der Waals surface area contributed by atoms with Gasteiger partial charge in [-0.1, -0.05) is 0 Å². The Morgan fingerprint density at radius 2 is 1.96 bits per heavy atom. The summed E-state index contributed by atoms with van der Waals surface area (Å²) in [6, 6.07) is 11.4. The average Bonchev–Trinajstić information content (AvgIpc) is 3.17. The number of furan rings is 1. The van der Waals surface area contributed by atoms with Crippen molar-refractivity contribution in [3.8, 4) is 6.07 Å². The van der Waals surface area contributed by atoms with Crippen molar-refractivity contribution in [1.82, 2.24) is 9.62 Å². The summed E-state index contributed by atoms with van der Waals surface area (Å²) in [5.41, 5.74) is 0.429. The molecule has 1 aromatic carbocycles. The van der Waals surface area contributed by atoms with E-state index in [9.17, 15) is 8.42 Å². The third kappa shape index (κ3) is 4.44. The summed E-state index contributed by atoms with van der Waals surface area (Å²) in [5, 5.41) is 8.82. The lowest BCUT2D eigenvalue weighted by Gasteiger charge is -2.33. The first kappa shape index (κ1) is 18.0. The predicted octanol–water partition coefficient (Wildman–Crippen LogP) is 2.22. The number of sulfonamides is 1. The van der Waals surface area contributed by atoms with Crippen LogP contribution in [0.4, 0.5) is 0 Å². The standard InChI is InChI=1S/C17H19N3O3S2/c18-12-14-3-5-15(6-4-14)25(21,22)19-13-16(17-2-1-9-23-17)20-7-10-24-11-8-20/h1-6,9,16,19H,7-8,10-11,13H2/t16-/m0/s1. The zero-order valence-electron chi connectivity index (χ0n) is 13.6. The Labute approximate surface area is 151 Å². The van der Waals surface area contributed by atoms with E-state index in [4.69, 9.17) is 9.68 Å². The Kier molecular flexibility index (Phi) is 5.81. The highest BCUT2D eigenvalue weighted by Crippen LogP contribution is 2.24. The molecule has 6 nitrogen and oxygen atoms in total. The topological polar surface area (TPSA) is 86.3 Å². The second-order valence-electron chi connectivity index (χ2n) is 5.67. The Hall–Kier alpha value is -1.79. The van der Waals surface area contributed by atoms with E-state index in [1.807, 2.05) is 30.0 Å². The Morgan fingerprint density at radius 3 is 2.56 bits per heavy atom. The average molecular weight is 377 g/mol. The summed E-state index contributed by atoms with van der Waals surface area (Å²) in [6.07, 6.45) is 1.61. The minimum Gasteiger partial charge on any atom is -0.468 e. The van der Waals surface area contributed by atoms with E-state index in [2.05, 4.69) is 9.62 Å². The van der Waals surface area contributed by atoms with Gasteiger partial charge in [-0.3, -0.25) is 4.90 Å². The first-order chi connectivity index (χ1) is 12.1. The van der Waals surface area contributed by atoms with Crippen LogP contribution in [0.1, 0.15) is 17.4 Å². The monoisotopic (exact) mass is 377 g/mol. The normalized spacial score (nSPS) is 17.1. The maximum atomic E-state index is 12.5. The first-order valence-corrected chi connectivity index (χ1v) is 10.6. The summed E-state index contributed by atoms with van der Waals surface area (Å²) in [4.78, 5) is 2.40. The highest BCUT2D eigenvalue weighted by Gasteiger charge is 2.26. The fraction of sp³-hybridized carbons (Fsp3) is 0.353. The molecule has 1 saturated heterocycles. The molecule has 3 rings (SSSR count). The van der Waals surface area contributed by atoms with E-state index in [-0.39, 0.29) is 17.5 Å².